The lowest BCUT2D eigenvalue weighted by Gasteiger charge is -2.07. The smallest absolute Gasteiger partial charge is 0.251 e. The van der Waals surface area contributed by atoms with Gasteiger partial charge >= 0.3 is 0 Å². The summed E-state index contributed by atoms with van der Waals surface area (Å²) in [5.41, 5.74) is 1.67. The molecule has 0 spiro atoms. The standard InChI is InChI=1S/C20H16FN5O2/c21-16-8-4-7-15(13-16)19-24-23-17-9-10-18(25-26(17)19)28-12-11-22-20(27)14-5-2-1-3-6-14/h1-10,13H,11-12H2,(H,22,27). The van der Waals surface area contributed by atoms with Gasteiger partial charge in [-0.3, -0.25) is 4.79 Å². The van der Waals surface area contributed by atoms with Gasteiger partial charge in [-0.1, -0.05) is 30.3 Å². The summed E-state index contributed by atoms with van der Waals surface area (Å²) in [7, 11) is 0. The average Bonchev–Trinajstić information content (AvgIpc) is 3.15. The molecule has 0 fully saturated rings. The van der Waals surface area contributed by atoms with E-state index in [4.69, 9.17) is 4.74 Å². The number of carbonyl (C=O) groups excluding carboxylic acids is 1. The number of rotatable bonds is 6. The topological polar surface area (TPSA) is 81.4 Å². The molecule has 140 valence electrons. The van der Waals surface area contributed by atoms with Crippen molar-refractivity contribution in [2.75, 3.05) is 13.2 Å². The molecule has 2 aromatic heterocycles. The quantitative estimate of drug-likeness (QED) is 0.523. The molecule has 8 heteroatoms. The fraction of sp³-hybridized carbons (Fsp3) is 0.100. The minimum Gasteiger partial charge on any atom is -0.475 e. The summed E-state index contributed by atoms with van der Waals surface area (Å²) in [4.78, 5) is 12.0. The van der Waals surface area contributed by atoms with Gasteiger partial charge < -0.3 is 10.1 Å². The maximum atomic E-state index is 13.5. The number of hydrogen-bond acceptors (Lipinski definition) is 5. The van der Waals surface area contributed by atoms with Gasteiger partial charge in [-0.05, 0) is 30.3 Å². The number of ether oxygens (including phenoxy) is 1. The van der Waals surface area contributed by atoms with E-state index >= 15 is 0 Å². The van der Waals surface area contributed by atoms with Crippen LogP contribution in [0.4, 0.5) is 4.39 Å². The molecule has 0 aliphatic heterocycles. The number of halogens is 1. The zero-order valence-corrected chi connectivity index (χ0v) is 14.7. The highest BCUT2D eigenvalue weighted by Gasteiger charge is 2.11. The van der Waals surface area contributed by atoms with Crippen LogP contribution >= 0.6 is 0 Å². The number of nitrogens with one attached hydrogen (secondary N) is 1. The first kappa shape index (κ1) is 17.6. The molecule has 0 aliphatic carbocycles. The van der Waals surface area contributed by atoms with Gasteiger partial charge in [-0.25, -0.2) is 4.39 Å². The first-order valence-corrected chi connectivity index (χ1v) is 8.65. The van der Waals surface area contributed by atoms with Crippen molar-refractivity contribution in [3.8, 4) is 17.3 Å². The summed E-state index contributed by atoms with van der Waals surface area (Å²) in [5.74, 6) is 0.229. The van der Waals surface area contributed by atoms with E-state index < -0.39 is 0 Å². The van der Waals surface area contributed by atoms with Gasteiger partial charge in [0.25, 0.3) is 5.91 Å². The zero-order valence-electron chi connectivity index (χ0n) is 14.7. The molecule has 1 N–H and O–H groups in total. The van der Waals surface area contributed by atoms with Gasteiger partial charge in [0, 0.05) is 17.2 Å². The third-order valence-corrected chi connectivity index (χ3v) is 3.99. The van der Waals surface area contributed by atoms with Crippen LogP contribution in [0.15, 0.2) is 66.7 Å². The maximum absolute atomic E-state index is 13.5. The Hall–Kier alpha value is -3.81. The summed E-state index contributed by atoms with van der Waals surface area (Å²) in [6, 6.07) is 18.4. The molecule has 0 saturated carbocycles. The second-order valence-corrected chi connectivity index (χ2v) is 5.95. The van der Waals surface area contributed by atoms with E-state index in [0.717, 1.165) is 0 Å². The van der Waals surface area contributed by atoms with E-state index in [-0.39, 0.29) is 18.3 Å². The Morgan fingerprint density at radius 1 is 1.04 bits per heavy atom. The first-order chi connectivity index (χ1) is 13.7. The van der Waals surface area contributed by atoms with Crippen LogP contribution in [-0.4, -0.2) is 38.9 Å². The number of carbonyl (C=O) groups is 1. The fourth-order valence-electron chi connectivity index (χ4n) is 2.67. The second-order valence-electron chi connectivity index (χ2n) is 5.95. The number of amides is 1. The van der Waals surface area contributed by atoms with Gasteiger partial charge in [0.1, 0.15) is 12.4 Å². The molecule has 7 nitrogen and oxygen atoms in total. The average molecular weight is 377 g/mol. The van der Waals surface area contributed by atoms with Crippen LogP contribution in [0.3, 0.4) is 0 Å². The van der Waals surface area contributed by atoms with Gasteiger partial charge in [-0.15, -0.1) is 15.3 Å². The molecule has 2 heterocycles. The lowest BCUT2D eigenvalue weighted by Crippen LogP contribution is -2.28. The molecule has 0 bridgehead atoms. The zero-order chi connectivity index (χ0) is 19.3. The van der Waals surface area contributed by atoms with Crippen LogP contribution in [0.25, 0.3) is 17.0 Å². The molecule has 0 saturated heterocycles. The van der Waals surface area contributed by atoms with Crippen LogP contribution in [0.2, 0.25) is 0 Å². The third-order valence-electron chi connectivity index (χ3n) is 3.99. The number of benzene rings is 2. The summed E-state index contributed by atoms with van der Waals surface area (Å²) >= 11 is 0. The van der Waals surface area contributed by atoms with Crippen LogP contribution in [0.1, 0.15) is 10.4 Å². The van der Waals surface area contributed by atoms with Crippen LogP contribution < -0.4 is 10.1 Å². The minimum atomic E-state index is -0.365. The Kier molecular flexibility index (Phi) is 4.92. The number of nitrogens with zero attached hydrogens (tertiary/aromatic N) is 4. The van der Waals surface area contributed by atoms with Crippen molar-refractivity contribution >= 4 is 11.6 Å². The number of hydrogen-bond donors (Lipinski definition) is 1. The lowest BCUT2D eigenvalue weighted by molar-refractivity contribution is 0.0946. The largest absolute Gasteiger partial charge is 0.475 e. The van der Waals surface area contributed by atoms with Crippen molar-refractivity contribution in [3.05, 3.63) is 78.1 Å². The van der Waals surface area contributed by atoms with E-state index in [1.54, 1.807) is 48.5 Å². The van der Waals surface area contributed by atoms with E-state index in [0.29, 0.717) is 35.0 Å². The molecule has 1 amide bonds. The molecular formula is C20H16FN5O2. The molecule has 0 unspecified atom stereocenters. The van der Waals surface area contributed by atoms with Crippen LogP contribution in [0.5, 0.6) is 5.88 Å². The van der Waals surface area contributed by atoms with Gasteiger partial charge in [0.15, 0.2) is 11.5 Å². The monoisotopic (exact) mass is 377 g/mol. The van der Waals surface area contributed by atoms with Crippen molar-refractivity contribution in [2.45, 2.75) is 0 Å². The van der Waals surface area contributed by atoms with Gasteiger partial charge in [-0.2, -0.15) is 4.52 Å². The summed E-state index contributed by atoms with van der Waals surface area (Å²) in [6.45, 7) is 0.570. The van der Waals surface area contributed by atoms with Crippen molar-refractivity contribution in [1.29, 1.82) is 0 Å². The van der Waals surface area contributed by atoms with Gasteiger partial charge in [0.05, 0.1) is 6.54 Å². The molecule has 4 rings (SSSR count). The van der Waals surface area contributed by atoms with Crippen LogP contribution in [0, 0.1) is 5.82 Å². The molecule has 0 aliphatic rings. The minimum absolute atomic E-state index is 0.167. The Balaban J connectivity index is 1.42. The highest BCUT2D eigenvalue weighted by Crippen LogP contribution is 2.19. The van der Waals surface area contributed by atoms with Crippen LogP contribution in [-0.2, 0) is 0 Å². The Morgan fingerprint density at radius 3 is 2.71 bits per heavy atom. The molecule has 4 aromatic rings. The van der Waals surface area contributed by atoms with Crippen molar-refractivity contribution in [3.63, 3.8) is 0 Å². The molecule has 28 heavy (non-hydrogen) atoms. The van der Waals surface area contributed by atoms with E-state index in [2.05, 4.69) is 20.6 Å². The SMILES string of the molecule is O=C(NCCOc1ccc2nnc(-c3cccc(F)c3)n2n1)c1ccccc1. The summed E-state index contributed by atoms with van der Waals surface area (Å²) in [5, 5.41) is 15.2. The Morgan fingerprint density at radius 2 is 1.89 bits per heavy atom. The highest BCUT2D eigenvalue weighted by atomic mass is 19.1. The van der Waals surface area contributed by atoms with Crippen molar-refractivity contribution < 1.29 is 13.9 Å². The Bertz CT molecular complexity index is 1110. The number of aromatic nitrogens is 4. The second kappa shape index (κ2) is 7.83. The third kappa shape index (κ3) is 3.80. The van der Waals surface area contributed by atoms with Gasteiger partial charge in [0.2, 0.25) is 5.88 Å². The summed E-state index contributed by atoms with van der Waals surface area (Å²) < 4.78 is 20.6. The lowest BCUT2D eigenvalue weighted by atomic mass is 10.2. The van der Waals surface area contributed by atoms with E-state index in [9.17, 15) is 9.18 Å². The molecule has 2 aromatic carbocycles. The normalized spacial score (nSPS) is 10.8. The summed E-state index contributed by atoms with van der Waals surface area (Å²) in [6.07, 6.45) is 0. The van der Waals surface area contributed by atoms with E-state index in [1.165, 1.54) is 16.6 Å². The Labute approximate surface area is 159 Å². The predicted molar refractivity (Wildman–Crippen MR) is 100 cm³/mol. The molecular weight excluding hydrogens is 361 g/mol. The maximum Gasteiger partial charge on any atom is 0.251 e. The molecule has 0 radical (unpaired) electrons. The van der Waals surface area contributed by atoms with Crippen molar-refractivity contribution in [2.24, 2.45) is 0 Å². The van der Waals surface area contributed by atoms with E-state index in [1.807, 2.05) is 6.07 Å². The first-order valence-electron chi connectivity index (χ1n) is 8.65. The number of fused-ring (bicyclic) bond motifs is 1. The van der Waals surface area contributed by atoms with Crippen molar-refractivity contribution in [1.82, 2.24) is 25.1 Å². The highest BCUT2D eigenvalue weighted by molar-refractivity contribution is 5.94. The fourth-order valence-corrected chi connectivity index (χ4v) is 2.67. The predicted octanol–water partition coefficient (Wildman–Crippen LogP) is 2.74. The molecule has 0 atom stereocenters.